The quantitative estimate of drug-likeness (QED) is 0.762. The third kappa shape index (κ3) is 4.47. The van der Waals surface area contributed by atoms with Crippen molar-refractivity contribution in [3.8, 4) is 0 Å². The third-order valence-electron chi connectivity index (χ3n) is 3.78. The number of aromatic nitrogens is 1. The zero-order chi connectivity index (χ0) is 17.6. The van der Waals surface area contributed by atoms with Gasteiger partial charge < -0.3 is 5.32 Å². The molecule has 0 aliphatic heterocycles. The molecule has 1 N–H and O–H groups in total. The maximum Gasteiger partial charge on any atom is 0.270 e. The molecule has 2 aromatic carbocycles. The van der Waals surface area contributed by atoms with Gasteiger partial charge in [-0.15, -0.1) is 0 Å². The number of benzene rings is 2. The molecule has 0 saturated heterocycles. The molecule has 3 rings (SSSR count). The molecule has 0 unspecified atom stereocenters. The Balaban J connectivity index is 1.87. The van der Waals surface area contributed by atoms with E-state index in [0.717, 1.165) is 0 Å². The number of pyridine rings is 1. The first-order valence-corrected chi connectivity index (χ1v) is 7.83. The van der Waals surface area contributed by atoms with Gasteiger partial charge in [-0.1, -0.05) is 30.3 Å². The summed E-state index contributed by atoms with van der Waals surface area (Å²) in [5.41, 5.74) is 1.58. The fraction of sp³-hybridized carbons (Fsp3) is 0.100. The van der Waals surface area contributed by atoms with Crippen molar-refractivity contribution in [1.29, 1.82) is 0 Å². The maximum atomic E-state index is 13.6. The Kier molecular flexibility index (Phi) is 5.14. The van der Waals surface area contributed by atoms with Crippen LogP contribution in [0.15, 0.2) is 72.9 Å². The standard InChI is InChI=1S/C20H16F2N2O/c21-16-7-3-5-14(11-16)12-19(15-6-4-8-17(22)13-15)24-20(25)18-9-1-2-10-23-18/h1-11,13,19H,12H2,(H,24,25)/t19-/m1/s1. The second-order valence-electron chi connectivity index (χ2n) is 5.63. The molecule has 0 bridgehead atoms. The van der Waals surface area contributed by atoms with Crippen LogP contribution in [0.1, 0.15) is 27.7 Å². The van der Waals surface area contributed by atoms with Gasteiger partial charge in [-0.25, -0.2) is 8.78 Å². The van der Waals surface area contributed by atoms with Crippen LogP contribution in [0.2, 0.25) is 0 Å². The van der Waals surface area contributed by atoms with Gasteiger partial charge >= 0.3 is 0 Å². The fourth-order valence-electron chi connectivity index (χ4n) is 2.60. The van der Waals surface area contributed by atoms with E-state index in [9.17, 15) is 13.6 Å². The molecule has 126 valence electrons. The number of hydrogen-bond donors (Lipinski definition) is 1. The highest BCUT2D eigenvalue weighted by Crippen LogP contribution is 2.20. The van der Waals surface area contributed by atoms with Crippen LogP contribution in [0.4, 0.5) is 8.78 Å². The number of amides is 1. The molecule has 5 heteroatoms. The van der Waals surface area contributed by atoms with Gasteiger partial charge in [0.2, 0.25) is 0 Å². The Hall–Kier alpha value is -3.08. The van der Waals surface area contributed by atoms with Crippen molar-refractivity contribution in [3.63, 3.8) is 0 Å². The van der Waals surface area contributed by atoms with E-state index in [2.05, 4.69) is 10.3 Å². The Labute approximate surface area is 144 Å². The molecule has 3 nitrogen and oxygen atoms in total. The molecule has 0 aliphatic carbocycles. The Morgan fingerprint density at radius 1 is 0.960 bits per heavy atom. The summed E-state index contributed by atoms with van der Waals surface area (Å²) in [6, 6.07) is 16.7. The minimum atomic E-state index is -0.507. The molecular weight excluding hydrogens is 322 g/mol. The lowest BCUT2D eigenvalue weighted by Crippen LogP contribution is -2.30. The predicted octanol–water partition coefficient (Wildman–Crippen LogP) is 4.07. The first kappa shape index (κ1) is 16.8. The molecule has 0 aliphatic rings. The molecule has 0 spiro atoms. The van der Waals surface area contributed by atoms with Gasteiger partial charge in [-0.3, -0.25) is 9.78 Å². The van der Waals surface area contributed by atoms with E-state index < -0.39 is 11.9 Å². The number of nitrogens with one attached hydrogen (secondary N) is 1. The zero-order valence-corrected chi connectivity index (χ0v) is 13.3. The van der Waals surface area contributed by atoms with Crippen molar-refractivity contribution in [1.82, 2.24) is 10.3 Å². The second kappa shape index (κ2) is 7.66. The summed E-state index contributed by atoms with van der Waals surface area (Å²) in [5.74, 6) is -1.12. The van der Waals surface area contributed by atoms with Gasteiger partial charge in [-0.05, 0) is 53.9 Å². The van der Waals surface area contributed by atoms with E-state index in [-0.39, 0.29) is 17.4 Å². The highest BCUT2D eigenvalue weighted by molar-refractivity contribution is 5.92. The largest absolute Gasteiger partial charge is 0.344 e. The van der Waals surface area contributed by atoms with E-state index >= 15 is 0 Å². The van der Waals surface area contributed by atoms with Crippen LogP contribution in [0.25, 0.3) is 0 Å². The molecule has 25 heavy (non-hydrogen) atoms. The summed E-state index contributed by atoms with van der Waals surface area (Å²) in [6.07, 6.45) is 1.86. The lowest BCUT2D eigenvalue weighted by Gasteiger charge is -2.19. The van der Waals surface area contributed by atoms with Crippen molar-refractivity contribution < 1.29 is 13.6 Å². The SMILES string of the molecule is O=C(N[C@H](Cc1cccc(F)c1)c1cccc(F)c1)c1ccccn1. The van der Waals surface area contributed by atoms with E-state index in [4.69, 9.17) is 0 Å². The average Bonchev–Trinajstić information content (AvgIpc) is 2.62. The normalized spacial score (nSPS) is 11.8. The Bertz CT molecular complexity index is 868. The van der Waals surface area contributed by atoms with Crippen molar-refractivity contribution in [2.24, 2.45) is 0 Å². The highest BCUT2D eigenvalue weighted by Gasteiger charge is 2.18. The predicted molar refractivity (Wildman–Crippen MR) is 90.9 cm³/mol. The minimum absolute atomic E-state index is 0.267. The van der Waals surface area contributed by atoms with Crippen LogP contribution >= 0.6 is 0 Å². The first-order chi connectivity index (χ1) is 12.1. The number of hydrogen-bond acceptors (Lipinski definition) is 2. The highest BCUT2D eigenvalue weighted by atomic mass is 19.1. The van der Waals surface area contributed by atoms with Crippen LogP contribution in [-0.2, 0) is 6.42 Å². The van der Waals surface area contributed by atoms with E-state index in [1.54, 1.807) is 42.5 Å². The molecule has 0 fully saturated rings. The third-order valence-corrected chi connectivity index (χ3v) is 3.78. The zero-order valence-electron chi connectivity index (χ0n) is 13.3. The van der Waals surface area contributed by atoms with Crippen molar-refractivity contribution in [2.75, 3.05) is 0 Å². The Morgan fingerprint density at radius 3 is 2.40 bits per heavy atom. The van der Waals surface area contributed by atoms with Crippen molar-refractivity contribution >= 4 is 5.91 Å². The van der Waals surface area contributed by atoms with Crippen LogP contribution < -0.4 is 5.32 Å². The molecule has 0 radical (unpaired) electrons. The average molecular weight is 338 g/mol. The van der Waals surface area contributed by atoms with Gasteiger partial charge in [0.1, 0.15) is 17.3 Å². The van der Waals surface area contributed by atoms with Crippen LogP contribution in [-0.4, -0.2) is 10.9 Å². The summed E-state index contributed by atoms with van der Waals surface area (Å²) < 4.78 is 27.1. The monoisotopic (exact) mass is 338 g/mol. The molecule has 1 atom stereocenters. The van der Waals surface area contributed by atoms with Crippen LogP contribution in [0.5, 0.6) is 0 Å². The summed E-state index contributed by atoms with van der Waals surface area (Å²) in [5, 5.41) is 2.85. The number of halogens is 2. The molecule has 1 amide bonds. The van der Waals surface area contributed by atoms with Gasteiger partial charge in [-0.2, -0.15) is 0 Å². The fourth-order valence-corrected chi connectivity index (χ4v) is 2.60. The summed E-state index contributed by atoms with van der Waals surface area (Å²) in [6.45, 7) is 0. The molecule has 0 saturated carbocycles. The lowest BCUT2D eigenvalue weighted by atomic mass is 9.98. The number of nitrogens with zero attached hydrogens (tertiary/aromatic N) is 1. The number of carbonyl (C=O) groups excluding carboxylic acids is 1. The summed E-state index contributed by atoms with van der Waals surface area (Å²) in [4.78, 5) is 16.4. The Morgan fingerprint density at radius 2 is 1.72 bits per heavy atom. The number of carbonyl (C=O) groups is 1. The summed E-state index contributed by atoms with van der Waals surface area (Å²) >= 11 is 0. The molecule has 3 aromatic rings. The molecule has 1 heterocycles. The van der Waals surface area contributed by atoms with Crippen LogP contribution in [0, 0.1) is 11.6 Å². The van der Waals surface area contributed by atoms with Crippen molar-refractivity contribution in [2.45, 2.75) is 12.5 Å². The van der Waals surface area contributed by atoms with Gasteiger partial charge in [0, 0.05) is 6.20 Å². The minimum Gasteiger partial charge on any atom is -0.344 e. The topological polar surface area (TPSA) is 42.0 Å². The van der Waals surface area contributed by atoms with Gasteiger partial charge in [0.25, 0.3) is 5.91 Å². The van der Waals surface area contributed by atoms with Gasteiger partial charge in [0.05, 0.1) is 6.04 Å². The second-order valence-corrected chi connectivity index (χ2v) is 5.63. The molecule has 1 aromatic heterocycles. The van der Waals surface area contributed by atoms with Crippen molar-refractivity contribution in [3.05, 3.63) is 101 Å². The first-order valence-electron chi connectivity index (χ1n) is 7.83. The number of rotatable bonds is 5. The van der Waals surface area contributed by atoms with Crippen LogP contribution in [0.3, 0.4) is 0 Å². The maximum absolute atomic E-state index is 13.6. The molecular formula is C20H16F2N2O. The smallest absolute Gasteiger partial charge is 0.270 e. The van der Waals surface area contributed by atoms with E-state index in [0.29, 0.717) is 17.5 Å². The van der Waals surface area contributed by atoms with E-state index in [1.807, 2.05) is 0 Å². The lowest BCUT2D eigenvalue weighted by molar-refractivity contribution is 0.0931. The van der Waals surface area contributed by atoms with Gasteiger partial charge in [0.15, 0.2) is 0 Å². The summed E-state index contributed by atoms with van der Waals surface area (Å²) in [7, 11) is 0. The van der Waals surface area contributed by atoms with E-state index in [1.165, 1.54) is 30.5 Å².